The van der Waals surface area contributed by atoms with Crippen LogP contribution in [0.15, 0.2) is 42.5 Å². The number of nitro benzene ring substituents is 1. The summed E-state index contributed by atoms with van der Waals surface area (Å²) in [5.74, 6) is 0.790. The molecule has 1 atom stereocenters. The van der Waals surface area contributed by atoms with Crippen LogP contribution in [0, 0.1) is 17.0 Å². The average Bonchev–Trinajstić information content (AvgIpc) is 2.56. The molecule has 0 saturated heterocycles. The third kappa shape index (κ3) is 4.22. The van der Waals surface area contributed by atoms with Crippen LogP contribution in [0.4, 0.5) is 11.4 Å². The topological polar surface area (TPSA) is 90.7 Å². The molecule has 0 spiro atoms. The average molecular weight is 330 g/mol. The second kappa shape index (κ2) is 7.45. The first-order valence-corrected chi connectivity index (χ1v) is 7.27. The molecule has 0 aliphatic carbocycles. The Hall–Kier alpha value is -3.09. The molecule has 0 aliphatic heterocycles. The minimum atomic E-state index is -0.744. The molecule has 2 rings (SSSR count). The maximum absolute atomic E-state index is 12.2. The van der Waals surface area contributed by atoms with Gasteiger partial charge in [-0.25, -0.2) is 0 Å². The number of amides is 1. The fraction of sp³-hybridized carbons (Fsp3) is 0.235. The van der Waals surface area contributed by atoms with Gasteiger partial charge in [0.25, 0.3) is 11.6 Å². The van der Waals surface area contributed by atoms with E-state index in [0.29, 0.717) is 22.7 Å². The van der Waals surface area contributed by atoms with Crippen molar-refractivity contribution in [3.8, 4) is 11.5 Å². The van der Waals surface area contributed by atoms with E-state index < -0.39 is 11.0 Å². The number of nitrogens with one attached hydrogen (secondary N) is 1. The fourth-order valence-electron chi connectivity index (χ4n) is 2.07. The number of nitrogens with zero attached hydrogens (tertiary/aromatic N) is 1. The number of hydrogen-bond donors (Lipinski definition) is 1. The summed E-state index contributed by atoms with van der Waals surface area (Å²) in [6.07, 6.45) is -0.744. The molecule has 0 aromatic heterocycles. The highest BCUT2D eigenvalue weighted by Gasteiger charge is 2.17. The number of non-ortho nitro benzene ring substituents is 1. The lowest BCUT2D eigenvalue weighted by Crippen LogP contribution is -2.30. The van der Waals surface area contributed by atoms with Gasteiger partial charge in [0.15, 0.2) is 6.10 Å². The van der Waals surface area contributed by atoms with Crippen molar-refractivity contribution >= 4 is 17.3 Å². The molecule has 2 aromatic carbocycles. The smallest absolute Gasteiger partial charge is 0.269 e. The molecule has 1 amide bonds. The standard InChI is InChI=1S/C17H18N2O5/c1-11-9-13(19(21)22)7-8-16(11)18-17(20)12(2)24-15-6-4-5-14(10-15)23-3/h4-10,12H,1-3H3,(H,18,20). The fourth-order valence-corrected chi connectivity index (χ4v) is 2.07. The van der Waals surface area contributed by atoms with Crippen LogP contribution >= 0.6 is 0 Å². The Morgan fingerprint density at radius 1 is 1.21 bits per heavy atom. The van der Waals surface area contributed by atoms with Crippen molar-refractivity contribution in [2.24, 2.45) is 0 Å². The Morgan fingerprint density at radius 3 is 2.54 bits per heavy atom. The van der Waals surface area contributed by atoms with Crippen molar-refractivity contribution in [2.75, 3.05) is 12.4 Å². The van der Waals surface area contributed by atoms with Gasteiger partial charge in [0.2, 0.25) is 0 Å². The lowest BCUT2D eigenvalue weighted by molar-refractivity contribution is -0.384. The molecule has 126 valence electrons. The summed E-state index contributed by atoms with van der Waals surface area (Å²) < 4.78 is 10.7. The summed E-state index contributed by atoms with van der Waals surface area (Å²) in [6.45, 7) is 3.31. The third-order valence-electron chi connectivity index (χ3n) is 3.40. The zero-order valence-corrected chi connectivity index (χ0v) is 13.6. The van der Waals surface area contributed by atoms with Gasteiger partial charge >= 0.3 is 0 Å². The second-order valence-electron chi connectivity index (χ2n) is 5.18. The number of methoxy groups -OCH3 is 1. The predicted molar refractivity (Wildman–Crippen MR) is 89.5 cm³/mol. The van der Waals surface area contributed by atoms with Crippen LogP contribution in [0.1, 0.15) is 12.5 Å². The number of rotatable bonds is 6. The monoisotopic (exact) mass is 330 g/mol. The molecule has 0 fully saturated rings. The minimum Gasteiger partial charge on any atom is -0.497 e. The van der Waals surface area contributed by atoms with E-state index in [1.807, 2.05) is 0 Å². The predicted octanol–water partition coefficient (Wildman–Crippen LogP) is 3.32. The largest absolute Gasteiger partial charge is 0.497 e. The van der Waals surface area contributed by atoms with Crippen LogP contribution in [0.25, 0.3) is 0 Å². The van der Waals surface area contributed by atoms with Crippen LogP contribution in [-0.2, 0) is 4.79 Å². The van der Waals surface area contributed by atoms with Crippen molar-refractivity contribution in [3.63, 3.8) is 0 Å². The molecule has 0 aliphatic rings. The van der Waals surface area contributed by atoms with Crippen molar-refractivity contribution in [1.82, 2.24) is 0 Å². The Bertz CT molecular complexity index is 760. The summed E-state index contributed by atoms with van der Waals surface area (Å²) in [4.78, 5) is 22.5. The summed E-state index contributed by atoms with van der Waals surface area (Å²) in [5, 5.41) is 13.4. The minimum absolute atomic E-state index is 0.0221. The van der Waals surface area contributed by atoms with Crippen LogP contribution < -0.4 is 14.8 Å². The molecule has 7 heteroatoms. The molecule has 0 radical (unpaired) electrons. The first kappa shape index (κ1) is 17.3. The van der Waals surface area contributed by atoms with E-state index in [0.717, 1.165) is 0 Å². The number of anilines is 1. The van der Waals surface area contributed by atoms with Crippen molar-refractivity contribution in [2.45, 2.75) is 20.0 Å². The first-order chi connectivity index (χ1) is 11.4. The van der Waals surface area contributed by atoms with Crippen LogP contribution in [0.3, 0.4) is 0 Å². The maximum Gasteiger partial charge on any atom is 0.269 e. The van der Waals surface area contributed by atoms with E-state index in [-0.39, 0.29) is 11.6 Å². The Balaban J connectivity index is 2.04. The number of benzene rings is 2. The van der Waals surface area contributed by atoms with E-state index in [1.54, 1.807) is 45.2 Å². The number of hydrogen-bond acceptors (Lipinski definition) is 5. The van der Waals surface area contributed by atoms with Gasteiger partial charge in [-0.05, 0) is 37.6 Å². The first-order valence-electron chi connectivity index (χ1n) is 7.27. The summed E-state index contributed by atoms with van der Waals surface area (Å²) in [7, 11) is 1.55. The van der Waals surface area contributed by atoms with E-state index in [2.05, 4.69) is 5.32 Å². The maximum atomic E-state index is 12.2. The summed E-state index contributed by atoms with van der Waals surface area (Å²) in [5.41, 5.74) is 1.09. The lowest BCUT2D eigenvalue weighted by Gasteiger charge is -2.16. The SMILES string of the molecule is COc1cccc(OC(C)C(=O)Nc2ccc([N+](=O)[O-])cc2C)c1. The van der Waals surface area contributed by atoms with Crippen molar-refractivity contribution < 1.29 is 19.2 Å². The van der Waals surface area contributed by atoms with Crippen LogP contribution in [0.2, 0.25) is 0 Å². The molecule has 0 saturated carbocycles. The molecular formula is C17H18N2O5. The quantitative estimate of drug-likeness (QED) is 0.648. The van der Waals surface area contributed by atoms with Gasteiger partial charge in [0, 0.05) is 23.9 Å². The number of nitro groups is 1. The highest BCUT2D eigenvalue weighted by molar-refractivity contribution is 5.94. The molecule has 1 N–H and O–H groups in total. The lowest BCUT2D eigenvalue weighted by atomic mass is 10.1. The summed E-state index contributed by atoms with van der Waals surface area (Å²) >= 11 is 0. The number of aryl methyl sites for hydroxylation is 1. The van der Waals surface area contributed by atoms with Gasteiger partial charge < -0.3 is 14.8 Å². The molecule has 24 heavy (non-hydrogen) atoms. The number of carbonyl (C=O) groups is 1. The molecule has 0 bridgehead atoms. The van der Waals surface area contributed by atoms with Gasteiger partial charge in [0.05, 0.1) is 12.0 Å². The zero-order valence-electron chi connectivity index (χ0n) is 13.6. The van der Waals surface area contributed by atoms with Crippen LogP contribution in [0.5, 0.6) is 11.5 Å². The summed E-state index contributed by atoms with van der Waals surface area (Å²) in [6, 6.07) is 11.2. The molecular weight excluding hydrogens is 312 g/mol. The van der Waals surface area contributed by atoms with Crippen molar-refractivity contribution in [1.29, 1.82) is 0 Å². The van der Waals surface area contributed by atoms with Gasteiger partial charge in [-0.1, -0.05) is 6.07 Å². The van der Waals surface area contributed by atoms with Crippen LogP contribution in [-0.4, -0.2) is 24.0 Å². The zero-order chi connectivity index (χ0) is 17.7. The van der Waals surface area contributed by atoms with E-state index in [9.17, 15) is 14.9 Å². The highest BCUT2D eigenvalue weighted by atomic mass is 16.6. The third-order valence-corrected chi connectivity index (χ3v) is 3.40. The molecule has 1 unspecified atom stereocenters. The molecule has 2 aromatic rings. The van der Waals surface area contributed by atoms with Gasteiger partial charge in [0.1, 0.15) is 11.5 Å². The Kier molecular flexibility index (Phi) is 5.36. The highest BCUT2D eigenvalue weighted by Crippen LogP contribution is 2.23. The normalized spacial score (nSPS) is 11.5. The van der Waals surface area contributed by atoms with E-state index >= 15 is 0 Å². The molecule has 7 nitrogen and oxygen atoms in total. The Labute approximate surface area is 139 Å². The van der Waals surface area contributed by atoms with E-state index in [1.165, 1.54) is 18.2 Å². The van der Waals surface area contributed by atoms with Crippen molar-refractivity contribution in [3.05, 3.63) is 58.1 Å². The molecule has 0 heterocycles. The number of carbonyl (C=O) groups excluding carboxylic acids is 1. The van der Waals surface area contributed by atoms with E-state index in [4.69, 9.17) is 9.47 Å². The van der Waals surface area contributed by atoms with Gasteiger partial charge in [-0.2, -0.15) is 0 Å². The van der Waals surface area contributed by atoms with Gasteiger partial charge in [-0.3, -0.25) is 14.9 Å². The number of ether oxygens (including phenoxy) is 2. The van der Waals surface area contributed by atoms with Gasteiger partial charge in [-0.15, -0.1) is 0 Å². The second-order valence-corrected chi connectivity index (χ2v) is 5.18. The Morgan fingerprint density at radius 2 is 1.92 bits per heavy atom.